The molecular weight excluding hydrogens is 871 g/mol. The van der Waals surface area contributed by atoms with E-state index >= 15 is 0 Å². The lowest BCUT2D eigenvalue weighted by atomic mass is 9.85. The second-order valence-corrected chi connectivity index (χ2v) is 20.1. The molecule has 1 atom stereocenters. The highest BCUT2D eigenvalue weighted by Gasteiger charge is 2.40. The van der Waals surface area contributed by atoms with Gasteiger partial charge >= 0.3 is 6.03 Å². The Balaban J connectivity index is 0.602. The minimum atomic E-state index is -0.594. The number of urea groups is 1. The molecule has 0 radical (unpaired) electrons. The number of carbonyl (C=O) groups excluding carboxylic acids is 4. The zero-order chi connectivity index (χ0) is 47.0. The van der Waals surface area contributed by atoms with E-state index in [0.717, 1.165) is 149 Å². The molecule has 0 spiro atoms. The maximum absolute atomic E-state index is 13.8. The summed E-state index contributed by atoms with van der Waals surface area (Å²) in [6.45, 7) is 7.67. The maximum atomic E-state index is 13.8. The number of nitrogen functional groups attached to an aromatic ring is 1. The second kappa shape index (κ2) is 19.4. The van der Waals surface area contributed by atoms with E-state index in [0.29, 0.717) is 42.2 Å². The summed E-state index contributed by atoms with van der Waals surface area (Å²) in [5.41, 5.74) is 11.7. The Morgan fingerprint density at radius 3 is 2.06 bits per heavy atom. The summed E-state index contributed by atoms with van der Waals surface area (Å²) < 4.78 is 8.11. The smallest absolute Gasteiger partial charge is 0.319 e. The number of hydrogen-bond donors (Lipinski definition) is 2. The fourth-order valence-corrected chi connectivity index (χ4v) is 12.0. The maximum Gasteiger partial charge on any atom is 0.319 e. The minimum absolute atomic E-state index is 0.127. The number of ether oxygens (including phenoxy) is 1. The zero-order valence-electron chi connectivity index (χ0n) is 39.4. The van der Waals surface area contributed by atoms with Gasteiger partial charge in [0.2, 0.25) is 11.8 Å². The predicted octanol–water partition coefficient (Wildman–Crippen LogP) is 7.26. The lowest BCUT2D eigenvalue weighted by Gasteiger charge is -2.43. The Labute approximate surface area is 403 Å². The molecule has 8 heterocycles. The van der Waals surface area contributed by atoms with E-state index in [2.05, 4.69) is 45.6 Å². The third-order valence-electron chi connectivity index (χ3n) is 16.1. The molecule has 6 aliphatic heterocycles. The monoisotopic (exact) mass is 934 g/mol. The standard InChI is InChI=1S/C53H63N11O5/c54-49-47-48(37-8-11-43(12-9-37)69-42-4-2-1-3-5-42)58-64(50(47)56-34-55-49)40-22-28-59(29-23-40)39-20-30-62(31-21-39)53(68)61-26-18-36(19-27-61)7-6-35-16-24-60(25-17-35)41-10-13-44-38(32-41)33-63(52(44)67)45-14-15-46(65)57-51(45)66/h1-5,8-13,32,34-36,39-40,45H,6-7,14-31,33H2,(H2,54,55,56)(H,57,65,66). The lowest BCUT2D eigenvalue weighted by molar-refractivity contribution is -0.136. The highest BCUT2D eigenvalue weighted by atomic mass is 16.5. The summed E-state index contributed by atoms with van der Waals surface area (Å²) in [7, 11) is 0. The van der Waals surface area contributed by atoms with Gasteiger partial charge in [-0.05, 0) is 130 Å². The van der Waals surface area contributed by atoms with Crippen LogP contribution in [0.15, 0.2) is 79.1 Å². The molecule has 69 heavy (non-hydrogen) atoms. The third kappa shape index (κ3) is 9.34. The first kappa shape index (κ1) is 44.9. The normalized spacial score (nSPS) is 21.6. The van der Waals surface area contributed by atoms with Crippen molar-refractivity contribution in [2.45, 2.75) is 102 Å². The number of nitrogens with zero attached hydrogens (tertiary/aromatic N) is 9. The number of aromatic nitrogens is 4. The molecule has 16 heteroatoms. The largest absolute Gasteiger partial charge is 0.457 e. The molecule has 3 aromatic carbocycles. The molecule has 0 bridgehead atoms. The van der Waals surface area contributed by atoms with Crippen LogP contribution in [-0.2, 0) is 16.1 Å². The van der Waals surface area contributed by atoms with Crippen molar-refractivity contribution in [2.24, 2.45) is 11.8 Å². The average molecular weight is 934 g/mol. The topological polar surface area (TPSA) is 175 Å². The van der Waals surface area contributed by atoms with Gasteiger partial charge in [0.25, 0.3) is 5.91 Å². The minimum Gasteiger partial charge on any atom is -0.457 e. The average Bonchev–Trinajstić information content (AvgIpc) is 3.94. The van der Waals surface area contributed by atoms with Gasteiger partial charge in [0.15, 0.2) is 5.65 Å². The van der Waals surface area contributed by atoms with Crippen molar-refractivity contribution in [1.82, 2.24) is 44.7 Å². The number of piperidine rings is 5. The van der Waals surface area contributed by atoms with Crippen molar-refractivity contribution < 1.29 is 23.9 Å². The fourth-order valence-electron chi connectivity index (χ4n) is 12.0. The Morgan fingerprint density at radius 1 is 0.710 bits per heavy atom. The Morgan fingerprint density at radius 2 is 1.36 bits per heavy atom. The molecule has 16 nitrogen and oxygen atoms in total. The molecule has 0 saturated carbocycles. The Hall–Kier alpha value is -6.55. The van der Waals surface area contributed by atoms with Gasteiger partial charge < -0.3 is 35.0 Å². The molecule has 0 aliphatic carbocycles. The molecule has 2 aromatic heterocycles. The number of amides is 5. The van der Waals surface area contributed by atoms with E-state index in [1.807, 2.05) is 66.7 Å². The molecule has 5 fully saturated rings. The number of rotatable bonds is 10. The first-order chi connectivity index (χ1) is 33.7. The van der Waals surface area contributed by atoms with Crippen LogP contribution >= 0.6 is 0 Å². The van der Waals surface area contributed by atoms with Gasteiger partial charge in [-0.25, -0.2) is 19.4 Å². The molecule has 3 N–H and O–H groups in total. The summed E-state index contributed by atoms with van der Waals surface area (Å²) in [6.07, 6.45) is 13.0. The first-order valence-electron chi connectivity index (χ1n) is 25.3. The van der Waals surface area contributed by atoms with Gasteiger partial charge in [0, 0.05) is 88.2 Å². The van der Waals surface area contributed by atoms with Crippen LogP contribution in [0, 0.1) is 11.8 Å². The Kier molecular flexibility index (Phi) is 12.7. The summed E-state index contributed by atoms with van der Waals surface area (Å²) in [4.78, 5) is 71.0. The van der Waals surface area contributed by atoms with E-state index in [1.165, 1.54) is 19.2 Å². The van der Waals surface area contributed by atoms with Crippen molar-refractivity contribution >= 4 is 46.3 Å². The number of likely N-dealkylation sites (tertiary alicyclic amines) is 3. The van der Waals surface area contributed by atoms with Gasteiger partial charge in [-0.2, -0.15) is 5.10 Å². The van der Waals surface area contributed by atoms with Crippen LogP contribution in [-0.4, -0.2) is 128 Å². The molecule has 11 rings (SSSR count). The number of anilines is 2. The quantitative estimate of drug-likeness (QED) is 0.135. The van der Waals surface area contributed by atoms with Crippen LogP contribution in [0.1, 0.15) is 99.0 Å². The number of para-hydroxylation sites is 1. The lowest BCUT2D eigenvalue weighted by Crippen LogP contribution is -2.53. The SMILES string of the molecule is Nc1ncnc2c1c(-c1ccc(Oc3ccccc3)cc1)nn2C1CCN(C2CCN(C(=O)N3CCC(CCC4CCN(c5ccc6c(c5)CN(C5CCC(=O)NC5=O)C6=O)CC4)CC3)CC2)CC1. The van der Waals surface area contributed by atoms with Gasteiger partial charge in [-0.15, -0.1) is 0 Å². The van der Waals surface area contributed by atoms with Crippen molar-refractivity contribution in [2.75, 3.05) is 63.0 Å². The van der Waals surface area contributed by atoms with Crippen molar-refractivity contribution in [3.05, 3.63) is 90.3 Å². The second-order valence-electron chi connectivity index (χ2n) is 20.1. The molecule has 6 aliphatic rings. The first-order valence-corrected chi connectivity index (χ1v) is 25.3. The van der Waals surface area contributed by atoms with Crippen LogP contribution in [0.4, 0.5) is 16.3 Å². The molecule has 1 unspecified atom stereocenters. The van der Waals surface area contributed by atoms with Crippen LogP contribution in [0.2, 0.25) is 0 Å². The molecule has 5 aromatic rings. The summed E-state index contributed by atoms with van der Waals surface area (Å²) in [5, 5.41) is 8.32. The number of imide groups is 1. The number of nitrogens with two attached hydrogens (primary N) is 1. The summed E-state index contributed by atoms with van der Waals surface area (Å²) in [6, 6.07) is 24.1. The van der Waals surface area contributed by atoms with E-state index < -0.39 is 6.04 Å². The third-order valence-corrected chi connectivity index (χ3v) is 16.1. The van der Waals surface area contributed by atoms with Crippen LogP contribution < -0.4 is 20.7 Å². The highest BCUT2D eigenvalue weighted by Crippen LogP contribution is 2.38. The number of nitrogens with one attached hydrogen (secondary N) is 1. The number of hydrogen-bond acceptors (Lipinski definition) is 11. The highest BCUT2D eigenvalue weighted by molar-refractivity contribution is 6.05. The molecule has 360 valence electrons. The van der Waals surface area contributed by atoms with Crippen LogP contribution in [0.3, 0.4) is 0 Å². The zero-order valence-corrected chi connectivity index (χ0v) is 39.4. The Bertz CT molecular complexity index is 2680. The van der Waals surface area contributed by atoms with Crippen LogP contribution in [0.25, 0.3) is 22.3 Å². The van der Waals surface area contributed by atoms with E-state index in [4.69, 9.17) is 15.6 Å². The predicted molar refractivity (Wildman–Crippen MR) is 262 cm³/mol. The molecule has 5 saturated heterocycles. The number of benzene rings is 3. The van der Waals surface area contributed by atoms with Gasteiger partial charge in [-0.3, -0.25) is 19.7 Å². The summed E-state index contributed by atoms with van der Waals surface area (Å²) in [5.74, 6) is 2.56. The number of carbonyl (C=O) groups is 4. The van der Waals surface area contributed by atoms with Crippen molar-refractivity contribution in [3.63, 3.8) is 0 Å². The van der Waals surface area contributed by atoms with Crippen LogP contribution in [0.5, 0.6) is 11.5 Å². The van der Waals surface area contributed by atoms with E-state index in [1.54, 1.807) is 4.90 Å². The van der Waals surface area contributed by atoms with Gasteiger partial charge in [0.05, 0.1) is 11.4 Å². The fraction of sp³-hybridized carbons (Fsp3) is 0.491. The van der Waals surface area contributed by atoms with E-state index in [-0.39, 0.29) is 36.2 Å². The van der Waals surface area contributed by atoms with Crippen molar-refractivity contribution in [3.8, 4) is 22.8 Å². The molecular formula is C53H63N11O5. The van der Waals surface area contributed by atoms with Gasteiger partial charge in [-0.1, -0.05) is 31.0 Å². The van der Waals surface area contributed by atoms with E-state index in [9.17, 15) is 19.2 Å². The number of fused-ring (bicyclic) bond motifs is 2. The summed E-state index contributed by atoms with van der Waals surface area (Å²) >= 11 is 0. The van der Waals surface area contributed by atoms with Crippen molar-refractivity contribution in [1.29, 1.82) is 0 Å². The molecule has 5 amide bonds. The van der Waals surface area contributed by atoms with Gasteiger partial charge in [0.1, 0.15) is 35.4 Å².